The lowest BCUT2D eigenvalue weighted by atomic mass is 9.74. The number of carbonyl (C=O) groups excluding carboxylic acids is 1. The highest BCUT2D eigenvalue weighted by Crippen LogP contribution is 2.46. The maximum Gasteiger partial charge on any atom is 0.302 e. The third-order valence-electron chi connectivity index (χ3n) is 6.50. The fourth-order valence-corrected chi connectivity index (χ4v) is 4.97. The van der Waals surface area contributed by atoms with Crippen LogP contribution in [0.5, 0.6) is 23.0 Å². The number of methoxy groups -OCH3 is 3. The topological polar surface area (TPSA) is 75.6 Å². The van der Waals surface area contributed by atoms with Gasteiger partial charge in [0.2, 0.25) is 0 Å². The van der Waals surface area contributed by atoms with Crippen LogP contribution in [0, 0.1) is 0 Å². The van der Waals surface area contributed by atoms with Gasteiger partial charge in [-0.1, -0.05) is 6.92 Å². The number of carbonyl (C=O) groups is 1. The van der Waals surface area contributed by atoms with Crippen molar-refractivity contribution in [1.29, 1.82) is 0 Å². The molecule has 0 saturated heterocycles. The van der Waals surface area contributed by atoms with Crippen LogP contribution in [0.2, 0.25) is 0 Å². The van der Waals surface area contributed by atoms with Crippen molar-refractivity contribution in [3.8, 4) is 23.0 Å². The predicted molar refractivity (Wildman–Crippen MR) is 130 cm³/mol. The van der Waals surface area contributed by atoms with E-state index in [1.807, 2.05) is 24.3 Å². The summed E-state index contributed by atoms with van der Waals surface area (Å²) in [6, 6.07) is 10.1. The second-order valence-electron chi connectivity index (χ2n) is 8.70. The summed E-state index contributed by atoms with van der Waals surface area (Å²) in [6.07, 6.45) is 3.17. The molecule has 1 heterocycles. The number of rotatable bonds is 8. The lowest BCUT2D eigenvalue weighted by Crippen LogP contribution is -2.36. The van der Waals surface area contributed by atoms with Crippen molar-refractivity contribution in [1.82, 2.24) is 0 Å². The third-order valence-corrected chi connectivity index (χ3v) is 6.50. The second-order valence-corrected chi connectivity index (χ2v) is 8.70. The molecule has 1 aliphatic carbocycles. The molecule has 2 aliphatic rings. The first kappa shape index (κ1) is 23.9. The number of aliphatic imine (C=N–C) groups is 1. The van der Waals surface area contributed by atoms with E-state index >= 15 is 0 Å². The van der Waals surface area contributed by atoms with E-state index in [1.165, 1.54) is 6.92 Å². The van der Waals surface area contributed by atoms with Gasteiger partial charge in [-0.05, 0) is 61.6 Å². The highest BCUT2D eigenvalue weighted by atomic mass is 16.5. The molecule has 4 rings (SSSR count). The van der Waals surface area contributed by atoms with Gasteiger partial charge in [0.05, 0.1) is 39.7 Å². The summed E-state index contributed by atoms with van der Waals surface area (Å²) < 4.78 is 28.3. The summed E-state index contributed by atoms with van der Waals surface area (Å²) in [5, 5.41) is 0. The van der Waals surface area contributed by atoms with Crippen LogP contribution >= 0.6 is 0 Å². The van der Waals surface area contributed by atoms with Gasteiger partial charge in [0.25, 0.3) is 0 Å². The van der Waals surface area contributed by atoms with Crippen LogP contribution < -0.4 is 18.9 Å². The molecule has 7 nitrogen and oxygen atoms in total. The molecule has 0 aromatic heterocycles. The number of fused-ring (bicyclic) bond motifs is 3. The molecule has 0 amide bonds. The minimum absolute atomic E-state index is 0.0921. The number of ether oxygens (including phenoxy) is 5. The summed E-state index contributed by atoms with van der Waals surface area (Å²) in [7, 11) is 4.92. The zero-order valence-corrected chi connectivity index (χ0v) is 20.6. The fraction of sp³-hybridized carbons (Fsp3) is 0.481. The van der Waals surface area contributed by atoms with E-state index in [4.69, 9.17) is 28.7 Å². The molecule has 3 atom stereocenters. The molecule has 0 N–H and O–H groups in total. The number of hydrogen-bond acceptors (Lipinski definition) is 7. The minimum atomic E-state index is -0.242. The Balaban J connectivity index is 1.81. The van der Waals surface area contributed by atoms with Crippen LogP contribution in [0.1, 0.15) is 62.1 Å². The fourth-order valence-electron chi connectivity index (χ4n) is 4.97. The van der Waals surface area contributed by atoms with Gasteiger partial charge in [-0.15, -0.1) is 0 Å². The van der Waals surface area contributed by atoms with Crippen molar-refractivity contribution < 1.29 is 28.5 Å². The quantitative estimate of drug-likeness (QED) is 0.513. The Bertz CT molecular complexity index is 1080. The van der Waals surface area contributed by atoms with Crippen LogP contribution in [0.3, 0.4) is 0 Å². The van der Waals surface area contributed by atoms with Gasteiger partial charge in [0.1, 0.15) is 6.10 Å². The molecule has 2 aromatic rings. The Morgan fingerprint density at radius 2 is 1.71 bits per heavy atom. The molecule has 1 saturated carbocycles. The Labute approximate surface area is 201 Å². The first-order valence-electron chi connectivity index (χ1n) is 11.8. The highest BCUT2D eigenvalue weighted by molar-refractivity contribution is 6.15. The molecule has 3 unspecified atom stereocenters. The lowest BCUT2D eigenvalue weighted by molar-refractivity contribution is -0.148. The van der Waals surface area contributed by atoms with Crippen molar-refractivity contribution in [2.24, 2.45) is 4.99 Å². The Morgan fingerprint density at radius 3 is 2.38 bits per heavy atom. The summed E-state index contributed by atoms with van der Waals surface area (Å²) in [5.74, 6) is 2.61. The van der Waals surface area contributed by atoms with Gasteiger partial charge in [-0.2, -0.15) is 0 Å². The van der Waals surface area contributed by atoms with Crippen LogP contribution in [0.15, 0.2) is 35.3 Å². The van der Waals surface area contributed by atoms with Gasteiger partial charge in [-0.25, -0.2) is 0 Å². The maximum atomic E-state index is 11.6. The molecule has 2 aromatic carbocycles. The summed E-state index contributed by atoms with van der Waals surface area (Å²) in [4.78, 5) is 16.8. The number of esters is 1. The maximum absolute atomic E-state index is 11.6. The van der Waals surface area contributed by atoms with Gasteiger partial charge < -0.3 is 23.7 Å². The van der Waals surface area contributed by atoms with Crippen molar-refractivity contribution in [3.63, 3.8) is 0 Å². The average Bonchev–Trinajstić information content (AvgIpc) is 2.85. The summed E-state index contributed by atoms with van der Waals surface area (Å²) >= 11 is 0. The third kappa shape index (κ3) is 4.69. The van der Waals surface area contributed by atoms with Crippen LogP contribution in [-0.4, -0.2) is 51.8 Å². The highest BCUT2D eigenvalue weighted by Gasteiger charge is 2.38. The number of benzene rings is 2. The zero-order valence-electron chi connectivity index (χ0n) is 20.6. The minimum Gasteiger partial charge on any atom is -0.493 e. The second kappa shape index (κ2) is 10.4. The van der Waals surface area contributed by atoms with Crippen molar-refractivity contribution in [2.75, 3.05) is 27.9 Å². The smallest absolute Gasteiger partial charge is 0.302 e. The van der Waals surface area contributed by atoms with Crippen LogP contribution in [-0.2, 0) is 9.53 Å². The van der Waals surface area contributed by atoms with Gasteiger partial charge in [-0.3, -0.25) is 9.79 Å². The monoisotopic (exact) mass is 467 g/mol. The Morgan fingerprint density at radius 1 is 0.971 bits per heavy atom. The van der Waals surface area contributed by atoms with Crippen molar-refractivity contribution >= 4 is 11.7 Å². The van der Waals surface area contributed by atoms with E-state index in [9.17, 15) is 4.79 Å². The van der Waals surface area contributed by atoms with E-state index in [0.29, 0.717) is 29.6 Å². The van der Waals surface area contributed by atoms with Gasteiger partial charge in [0, 0.05) is 24.0 Å². The van der Waals surface area contributed by atoms with E-state index in [0.717, 1.165) is 48.1 Å². The number of hydrogen-bond donors (Lipinski definition) is 0. The zero-order chi connectivity index (χ0) is 24.2. The largest absolute Gasteiger partial charge is 0.493 e. The lowest BCUT2D eigenvalue weighted by Gasteiger charge is -2.38. The standard InChI is InChI=1S/C27H33NO6/c1-6-11-33-26-12-17(7-10-23(26)30-3)27-21-15-25(32-5)24(31-4)14-19(21)20-13-18(34-16(2)29)8-9-22(20)28-27/h7,10,12,14-15,18,20,22H,6,8-9,11,13H2,1-5H3. The van der Waals surface area contributed by atoms with Crippen LogP contribution in [0.25, 0.3) is 0 Å². The first-order valence-corrected chi connectivity index (χ1v) is 11.8. The molecule has 0 radical (unpaired) electrons. The van der Waals surface area contributed by atoms with E-state index in [-0.39, 0.29) is 24.0 Å². The molecule has 0 bridgehead atoms. The van der Waals surface area contributed by atoms with Crippen molar-refractivity contribution in [3.05, 3.63) is 47.0 Å². The molecule has 34 heavy (non-hydrogen) atoms. The Kier molecular flexibility index (Phi) is 7.29. The average molecular weight is 468 g/mol. The molecule has 1 fully saturated rings. The number of nitrogens with zero attached hydrogens (tertiary/aromatic N) is 1. The van der Waals surface area contributed by atoms with Gasteiger partial charge in [0.15, 0.2) is 23.0 Å². The summed E-state index contributed by atoms with van der Waals surface area (Å²) in [6.45, 7) is 4.15. The molecular formula is C27H33NO6. The summed E-state index contributed by atoms with van der Waals surface area (Å²) in [5.41, 5.74) is 3.98. The molecular weight excluding hydrogens is 434 g/mol. The van der Waals surface area contributed by atoms with Gasteiger partial charge >= 0.3 is 5.97 Å². The SMILES string of the molecule is CCCOc1cc(C2=NC3CCC(OC(C)=O)CC3c3cc(OC)c(OC)cc32)ccc1OC. The molecule has 182 valence electrons. The van der Waals surface area contributed by atoms with Crippen molar-refractivity contribution in [2.45, 2.75) is 57.6 Å². The van der Waals surface area contributed by atoms with E-state index in [1.54, 1.807) is 21.3 Å². The van der Waals surface area contributed by atoms with Crippen LogP contribution in [0.4, 0.5) is 0 Å². The molecule has 0 spiro atoms. The van der Waals surface area contributed by atoms with E-state index in [2.05, 4.69) is 13.0 Å². The predicted octanol–water partition coefficient (Wildman–Crippen LogP) is 4.92. The molecule has 7 heteroatoms. The first-order chi connectivity index (χ1) is 16.5. The van der Waals surface area contributed by atoms with E-state index < -0.39 is 0 Å². The molecule has 1 aliphatic heterocycles. The normalized spacial score (nSPS) is 21.0. The Hall–Kier alpha value is -3.22.